The molecule has 0 radical (unpaired) electrons. The van der Waals surface area contributed by atoms with Crippen molar-refractivity contribution in [1.29, 1.82) is 0 Å². The molecule has 0 saturated carbocycles. The van der Waals surface area contributed by atoms with Crippen molar-refractivity contribution in [1.82, 2.24) is 10.2 Å². The molecule has 1 atom stereocenters. The minimum Gasteiger partial charge on any atom is -0.314 e. The van der Waals surface area contributed by atoms with Crippen LogP contribution in [0, 0.1) is 10.1 Å². The van der Waals surface area contributed by atoms with Crippen LogP contribution in [0.15, 0.2) is 24.3 Å². The quantitative estimate of drug-likeness (QED) is 0.669. The Labute approximate surface area is 126 Å². The van der Waals surface area contributed by atoms with Crippen LogP contribution >= 0.6 is 0 Å². The van der Waals surface area contributed by atoms with Gasteiger partial charge in [0.25, 0.3) is 5.69 Å². The third kappa shape index (κ3) is 3.60. The normalized spacial score (nSPS) is 20.1. The van der Waals surface area contributed by atoms with E-state index in [2.05, 4.69) is 24.1 Å². The minimum atomic E-state index is -0.315. The van der Waals surface area contributed by atoms with Gasteiger partial charge in [0.1, 0.15) is 0 Å². The first-order valence-corrected chi connectivity index (χ1v) is 7.66. The maximum Gasteiger partial charge on any atom is 0.269 e. The van der Waals surface area contributed by atoms with Gasteiger partial charge in [0.2, 0.25) is 0 Å². The van der Waals surface area contributed by atoms with Gasteiger partial charge in [-0.05, 0) is 38.8 Å². The zero-order valence-corrected chi connectivity index (χ0v) is 13.1. The van der Waals surface area contributed by atoms with Crippen LogP contribution in [0.25, 0.3) is 0 Å². The average Bonchev–Trinajstić information content (AvgIpc) is 2.50. The predicted molar refractivity (Wildman–Crippen MR) is 84.4 cm³/mol. The van der Waals surface area contributed by atoms with Crippen molar-refractivity contribution in [2.24, 2.45) is 0 Å². The molecule has 1 aliphatic rings. The van der Waals surface area contributed by atoms with E-state index < -0.39 is 0 Å². The van der Waals surface area contributed by atoms with Crippen LogP contribution < -0.4 is 5.32 Å². The average molecular weight is 291 g/mol. The molecule has 1 aromatic carbocycles. The lowest BCUT2D eigenvalue weighted by atomic mass is 9.88. The van der Waals surface area contributed by atoms with Crippen LogP contribution in [0.2, 0.25) is 0 Å². The molecule has 0 amide bonds. The first-order chi connectivity index (χ1) is 9.99. The van der Waals surface area contributed by atoms with Gasteiger partial charge in [-0.3, -0.25) is 15.0 Å². The summed E-state index contributed by atoms with van der Waals surface area (Å²) in [7, 11) is 2.02. The first-order valence-electron chi connectivity index (χ1n) is 7.66. The first kappa shape index (κ1) is 15.9. The van der Waals surface area contributed by atoms with Gasteiger partial charge >= 0.3 is 0 Å². The molecule has 1 N–H and O–H groups in total. The second-order valence-corrected chi connectivity index (χ2v) is 6.12. The van der Waals surface area contributed by atoms with Crippen LogP contribution in [0.4, 0.5) is 5.69 Å². The number of rotatable bonds is 5. The van der Waals surface area contributed by atoms with E-state index in [1.165, 1.54) is 0 Å². The monoisotopic (exact) mass is 291 g/mol. The maximum atomic E-state index is 10.9. The fourth-order valence-corrected chi connectivity index (χ4v) is 3.13. The van der Waals surface area contributed by atoms with E-state index in [0.717, 1.165) is 37.9 Å². The van der Waals surface area contributed by atoms with E-state index in [0.29, 0.717) is 0 Å². The van der Waals surface area contributed by atoms with Crippen molar-refractivity contribution in [2.45, 2.75) is 44.7 Å². The predicted octanol–water partition coefficient (Wildman–Crippen LogP) is 3.12. The Kier molecular flexibility index (Phi) is 4.96. The van der Waals surface area contributed by atoms with Crippen molar-refractivity contribution in [3.8, 4) is 0 Å². The topological polar surface area (TPSA) is 58.4 Å². The maximum absolute atomic E-state index is 10.9. The minimum absolute atomic E-state index is 0.183. The number of hydrogen-bond donors (Lipinski definition) is 1. The lowest BCUT2D eigenvalue weighted by Gasteiger charge is -2.42. The van der Waals surface area contributed by atoms with Gasteiger partial charge in [0, 0.05) is 36.8 Å². The zero-order chi connectivity index (χ0) is 15.5. The van der Waals surface area contributed by atoms with Crippen LogP contribution in [0.1, 0.15) is 44.7 Å². The molecule has 1 aliphatic heterocycles. The number of nitro groups is 1. The lowest BCUT2D eigenvalue weighted by Crippen LogP contribution is -2.50. The van der Waals surface area contributed by atoms with E-state index >= 15 is 0 Å². The lowest BCUT2D eigenvalue weighted by molar-refractivity contribution is -0.385. The number of nitrogens with zero attached hydrogens (tertiary/aromatic N) is 2. The highest BCUT2D eigenvalue weighted by Gasteiger charge is 2.31. The molecule has 2 rings (SSSR count). The SMILES string of the molecule is CCC(c1cccc([N+](=O)[O-])c1)N1CCC(C)(NC)CC1. The molecule has 0 spiro atoms. The Balaban J connectivity index is 2.14. The van der Waals surface area contributed by atoms with E-state index in [9.17, 15) is 10.1 Å². The molecule has 5 nitrogen and oxygen atoms in total. The van der Waals surface area contributed by atoms with Crippen molar-refractivity contribution in [3.63, 3.8) is 0 Å². The molecule has 1 unspecified atom stereocenters. The number of piperidine rings is 1. The number of non-ortho nitro benzene ring substituents is 1. The molecule has 0 aliphatic carbocycles. The van der Waals surface area contributed by atoms with Gasteiger partial charge < -0.3 is 5.32 Å². The molecule has 1 aromatic rings. The second-order valence-electron chi connectivity index (χ2n) is 6.12. The largest absolute Gasteiger partial charge is 0.314 e. The molecule has 116 valence electrons. The Hall–Kier alpha value is -1.46. The highest BCUT2D eigenvalue weighted by Crippen LogP contribution is 2.31. The molecular weight excluding hydrogens is 266 g/mol. The fourth-order valence-electron chi connectivity index (χ4n) is 3.13. The summed E-state index contributed by atoms with van der Waals surface area (Å²) < 4.78 is 0. The number of likely N-dealkylation sites (tertiary alicyclic amines) is 1. The zero-order valence-electron chi connectivity index (χ0n) is 13.1. The van der Waals surface area contributed by atoms with E-state index in [1.54, 1.807) is 18.2 Å². The van der Waals surface area contributed by atoms with Gasteiger partial charge in [0.05, 0.1) is 4.92 Å². The van der Waals surface area contributed by atoms with Crippen LogP contribution in [0.5, 0.6) is 0 Å². The molecule has 1 saturated heterocycles. The number of benzene rings is 1. The molecular formula is C16H25N3O2. The van der Waals surface area contributed by atoms with Crippen molar-refractivity contribution < 1.29 is 4.92 Å². The Morgan fingerprint density at radius 2 is 2.10 bits per heavy atom. The summed E-state index contributed by atoms with van der Waals surface area (Å²) in [5.74, 6) is 0. The molecule has 1 fully saturated rings. The van der Waals surface area contributed by atoms with Crippen molar-refractivity contribution >= 4 is 5.69 Å². The van der Waals surface area contributed by atoms with Crippen LogP contribution in [0.3, 0.4) is 0 Å². The highest BCUT2D eigenvalue weighted by molar-refractivity contribution is 5.35. The van der Waals surface area contributed by atoms with Gasteiger partial charge in [-0.2, -0.15) is 0 Å². The summed E-state index contributed by atoms with van der Waals surface area (Å²) >= 11 is 0. The van der Waals surface area contributed by atoms with Crippen LogP contribution in [-0.4, -0.2) is 35.5 Å². The van der Waals surface area contributed by atoms with Gasteiger partial charge in [-0.15, -0.1) is 0 Å². The third-order valence-electron chi connectivity index (χ3n) is 4.80. The smallest absolute Gasteiger partial charge is 0.269 e. The second kappa shape index (κ2) is 6.54. The summed E-state index contributed by atoms with van der Waals surface area (Å²) in [6, 6.07) is 7.35. The summed E-state index contributed by atoms with van der Waals surface area (Å²) in [6.07, 6.45) is 3.18. The molecule has 0 bridgehead atoms. The van der Waals surface area contributed by atoms with Gasteiger partial charge in [-0.1, -0.05) is 19.1 Å². The van der Waals surface area contributed by atoms with Crippen molar-refractivity contribution in [3.05, 3.63) is 39.9 Å². The Bertz CT molecular complexity index is 496. The van der Waals surface area contributed by atoms with E-state index in [-0.39, 0.29) is 22.2 Å². The fraction of sp³-hybridized carbons (Fsp3) is 0.625. The highest BCUT2D eigenvalue weighted by atomic mass is 16.6. The third-order valence-corrected chi connectivity index (χ3v) is 4.80. The molecule has 0 aromatic heterocycles. The molecule has 5 heteroatoms. The summed E-state index contributed by atoms with van der Waals surface area (Å²) in [4.78, 5) is 13.1. The van der Waals surface area contributed by atoms with E-state index in [4.69, 9.17) is 0 Å². The Morgan fingerprint density at radius 1 is 1.43 bits per heavy atom. The molecule has 1 heterocycles. The number of nitro benzene ring substituents is 1. The summed E-state index contributed by atoms with van der Waals surface area (Å²) in [6.45, 7) is 6.46. The van der Waals surface area contributed by atoms with Crippen LogP contribution in [-0.2, 0) is 0 Å². The van der Waals surface area contributed by atoms with Crippen molar-refractivity contribution in [2.75, 3.05) is 20.1 Å². The molecule has 21 heavy (non-hydrogen) atoms. The summed E-state index contributed by atoms with van der Waals surface area (Å²) in [5, 5.41) is 14.4. The Morgan fingerprint density at radius 3 is 2.62 bits per heavy atom. The number of hydrogen-bond acceptors (Lipinski definition) is 4. The number of nitrogens with one attached hydrogen (secondary N) is 1. The summed E-state index contributed by atoms with van der Waals surface area (Å²) in [5.41, 5.74) is 1.46. The van der Waals surface area contributed by atoms with Gasteiger partial charge in [-0.25, -0.2) is 0 Å². The van der Waals surface area contributed by atoms with E-state index in [1.807, 2.05) is 13.1 Å². The standard InChI is InChI=1S/C16H25N3O2/c1-4-15(13-6-5-7-14(12-13)19(20)21)18-10-8-16(2,17-3)9-11-18/h5-7,12,15,17H,4,8-11H2,1-3H3. The van der Waals surface area contributed by atoms with Gasteiger partial charge in [0.15, 0.2) is 0 Å².